The maximum Gasteiger partial charge on any atom is 0.140 e. The van der Waals surface area contributed by atoms with Gasteiger partial charge in [0.25, 0.3) is 0 Å². The number of halogens is 1. The van der Waals surface area contributed by atoms with E-state index in [4.69, 9.17) is 11.0 Å². The van der Waals surface area contributed by atoms with Crippen LogP contribution in [0, 0.1) is 23.1 Å². The summed E-state index contributed by atoms with van der Waals surface area (Å²) in [7, 11) is 0. The second-order valence-electron chi connectivity index (χ2n) is 5.64. The van der Waals surface area contributed by atoms with Crippen molar-refractivity contribution in [2.75, 3.05) is 13.1 Å². The number of likely N-dealkylation sites (tertiary alicyclic amines) is 1. The molecule has 0 aromatic heterocycles. The number of nitrogens with zero attached hydrogens (tertiary/aromatic N) is 2. The van der Waals surface area contributed by atoms with E-state index in [0.717, 1.165) is 25.1 Å². The third kappa shape index (κ3) is 2.94. The van der Waals surface area contributed by atoms with Crippen molar-refractivity contribution in [2.45, 2.75) is 32.4 Å². The van der Waals surface area contributed by atoms with Gasteiger partial charge in [-0.1, -0.05) is 19.9 Å². The van der Waals surface area contributed by atoms with Crippen LogP contribution in [-0.4, -0.2) is 24.0 Å². The number of nitrogens with two attached hydrogens (primary N) is 1. The Bertz CT molecular complexity index is 493. The molecule has 1 aliphatic rings. The molecule has 0 radical (unpaired) electrons. The van der Waals surface area contributed by atoms with Gasteiger partial charge in [-0.05, 0) is 30.0 Å². The first-order valence-electron chi connectivity index (χ1n) is 6.72. The summed E-state index contributed by atoms with van der Waals surface area (Å²) in [6.07, 6.45) is 0.941. The third-order valence-corrected chi connectivity index (χ3v) is 3.60. The van der Waals surface area contributed by atoms with Crippen molar-refractivity contribution in [3.8, 4) is 6.07 Å². The Balaban J connectivity index is 2.30. The quantitative estimate of drug-likeness (QED) is 0.909. The van der Waals surface area contributed by atoms with Crippen molar-refractivity contribution in [3.05, 3.63) is 35.1 Å². The monoisotopic (exact) mass is 261 g/mol. The second-order valence-corrected chi connectivity index (χ2v) is 5.64. The summed E-state index contributed by atoms with van der Waals surface area (Å²) in [5, 5.41) is 8.93. The lowest BCUT2D eigenvalue weighted by Crippen LogP contribution is -2.34. The lowest BCUT2D eigenvalue weighted by atomic mass is 9.98. The molecule has 2 unspecified atom stereocenters. The maximum atomic E-state index is 13.4. The standard InChI is InChI=1S/C15H20FN3/c1-10(2)9-19-6-5-14(18)15(19)11-3-4-13(16)12(7-11)8-17/h3-4,7,10,14-15H,5-6,9,18H2,1-2H3. The van der Waals surface area contributed by atoms with Crippen LogP contribution in [0.1, 0.15) is 37.4 Å². The fourth-order valence-corrected chi connectivity index (χ4v) is 2.83. The van der Waals surface area contributed by atoms with E-state index < -0.39 is 5.82 Å². The molecule has 2 rings (SSSR count). The van der Waals surface area contributed by atoms with E-state index in [-0.39, 0.29) is 17.6 Å². The van der Waals surface area contributed by atoms with Crippen LogP contribution in [-0.2, 0) is 0 Å². The van der Waals surface area contributed by atoms with Gasteiger partial charge in [0.05, 0.1) is 5.56 Å². The summed E-state index contributed by atoms with van der Waals surface area (Å²) in [5.74, 6) is 0.0944. The molecular weight excluding hydrogens is 241 g/mol. The largest absolute Gasteiger partial charge is 0.326 e. The zero-order valence-electron chi connectivity index (χ0n) is 11.4. The van der Waals surface area contributed by atoms with Gasteiger partial charge in [-0.3, -0.25) is 4.90 Å². The first-order chi connectivity index (χ1) is 9.02. The lowest BCUT2D eigenvalue weighted by molar-refractivity contribution is 0.221. The van der Waals surface area contributed by atoms with Crippen molar-refractivity contribution < 1.29 is 4.39 Å². The predicted octanol–water partition coefficient (Wildman–Crippen LogP) is 2.43. The van der Waals surface area contributed by atoms with E-state index in [1.807, 2.05) is 6.07 Å². The smallest absolute Gasteiger partial charge is 0.140 e. The molecule has 1 aromatic carbocycles. The molecule has 1 saturated heterocycles. The van der Waals surface area contributed by atoms with Crippen LogP contribution < -0.4 is 5.73 Å². The minimum Gasteiger partial charge on any atom is -0.326 e. The highest BCUT2D eigenvalue weighted by Gasteiger charge is 2.33. The van der Waals surface area contributed by atoms with Gasteiger partial charge < -0.3 is 5.73 Å². The van der Waals surface area contributed by atoms with Gasteiger partial charge in [-0.25, -0.2) is 4.39 Å². The van der Waals surface area contributed by atoms with E-state index in [0.29, 0.717) is 5.92 Å². The zero-order chi connectivity index (χ0) is 14.0. The van der Waals surface area contributed by atoms with Crippen LogP contribution in [0.4, 0.5) is 4.39 Å². The van der Waals surface area contributed by atoms with Gasteiger partial charge in [-0.2, -0.15) is 5.26 Å². The molecule has 0 saturated carbocycles. The van der Waals surface area contributed by atoms with E-state index in [1.54, 1.807) is 12.1 Å². The van der Waals surface area contributed by atoms with Gasteiger partial charge >= 0.3 is 0 Å². The molecule has 3 nitrogen and oxygen atoms in total. The summed E-state index contributed by atoms with van der Waals surface area (Å²) >= 11 is 0. The number of hydrogen-bond acceptors (Lipinski definition) is 3. The highest BCUT2D eigenvalue weighted by molar-refractivity contribution is 5.36. The Labute approximate surface area is 113 Å². The summed E-state index contributed by atoms with van der Waals surface area (Å²) in [5.41, 5.74) is 7.23. The summed E-state index contributed by atoms with van der Waals surface area (Å²) in [6, 6.07) is 6.79. The topological polar surface area (TPSA) is 53.0 Å². The molecular formula is C15H20FN3. The van der Waals surface area contributed by atoms with E-state index >= 15 is 0 Å². The Morgan fingerprint density at radius 2 is 2.26 bits per heavy atom. The van der Waals surface area contributed by atoms with Crippen molar-refractivity contribution in [1.82, 2.24) is 4.90 Å². The second kappa shape index (κ2) is 5.68. The van der Waals surface area contributed by atoms with Gasteiger partial charge in [0.2, 0.25) is 0 Å². The summed E-state index contributed by atoms with van der Waals surface area (Å²) < 4.78 is 13.4. The van der Waals surface area contributed by atoms with Crippen LogP contribution in [0.2, 0.25) is 0 Å². The van der Waals surface area contributed by atoms with Gasteiger partial charge in [0.1, 0.15) is 11.9 Å². The molecule has 0 amide bonds. The Morgan fingerprint density at radius 3 is 2.89 bits per heavy atom. The van der Waals surface area contributed by atoms with Crippen LogP contribution in [0.5, 0.6) is 0 Å². The van der Waals surface area contributed by atoms with Crippen molar-refractivity contribution >= 4 is 0 Å². The van der Waals surface area contributed by atoms with E-state index in [9.17, 15) is 4.39 Å². The fraction of sp³-hybridized carbons (Fsp3) is 0.533. The van der Waals surface area contributed by atoms with Gasteiger partial charge in [0, 0.05) is 25.2 Å². The van der Waals surface area contributed by atoms with Crippen LogP contribution in [0.3, 0.4) is 0 Å². The molecule has 2 atom stereocenters. The normalized spacial score (nSPS) is 23.8. The molecule has 4 heteroatoms. The molecule has 0 aliphatic carbocycles. The number of nitriles is 1. The Kier molecular flexibility index (Phi) is 4.18. The van der Waals surface area contributed by atoms with Crippen LogP contribution >= 0.6 is 0 Å². The minimum absolute atomic E-state index is 0.0516. The summed E-state index contributed by atoms with van der Waals surface area (Å²) in [4.78, 5) is 2.34. The fourth-order valence-electron chi connectivity index (χ4n) is 2.83. The minimum atomic E-state index is -0.465. The maximum absolute atomic E-state index is 13.4. The molecule has 19 heavy (non-hydrogen) atoms. The van der Waals surface area contributed by atoms with Crippen LogP contribution in [0.15, 0.2) is 18.2 Å². The molecule has 1 aromatic rings. The van der Waals surface area contributed by atoms with Crippen molar-refractivity contribution in [3.63, 3.8) is 0 Å². The molecule has 1 heterocycles. The average Bonchev–Trinajstić information content (AvgIpc) is 2.71. The number of benzene rings is 1. The molecule has 102 valence electrons. The van der Waals surface area contributed by atoms with E-state index in [2.05, 4.69) is 18.7 Å². The first kappa shape index (κ1) is 14.0. The number of hydrogen-bond donors (Lipinski definition) is 1. The van der Waals surface area contributed by atoms with Gasteiger partial charge in [-0.15, -0.1) is 0 Å². The predicted molar refractivity (Wildman–Crippen MR) is 72.9 cm³/mol. The Morgan fingerprint density at radius 1 is 1.53 bits per heavy atom. The summed E-state index contributed by atoms with van der Waals surface area (Å²) in [6.45, 7) is 6.28. The first-order valence-corrected chi connectivity index (χ1v) is 6.72. The molecule has 0 spiro atoms. The molecule has 1 fully saturated rings. The van der Waals surface area contributed by atoms with E-state index in [1.165, 1.54) is 6.07 Å². The third-order valence-electron chi connectivity index (χ3n) is 3.60. The SMILES string of the molecule is CC(C)CN1CCC(N)C1c1ccc(F)c(C#N)c1. The highest BCUT2D eigenvalue weighted by atomic mass is 19.1. The average molecular weight is 261 g/mol. The lowest BCUT2D eigenvalue weighted by Gasteiger charge is -2.28. The molecule has 0 bridgehead atoms. The van der Waals surface area contributed by atoms with Gasteiger partial charge in [0.15, 0.2) is 0 Å². The van der Waals surface area contributed by atoms with Crippen molar-refractivity contribution in [1.29, 1.82) is 5.26 Å². The zero-order valence-corrected chi connectivity index (χ0v) is 11.4. The van der Waals surface area contributed by atoms with Crippen LogP contribution in [0.25, 0.3) is 0 Å². The highest BCUT2D eigenvalue weighted by Crippen LogP contribution is 2.32. The molecule has 1 aliphatic heterocycles. The Hall–Kier alpha value is -1.44. The molecule has 2 N–H and O–H groups in total. The van der Waals surface area contributed by atoms with Crippen molar-refractivity contribution in [2.24, 2.45) is 11.7 Å². The number of rotatable bonds is 3.